The maximum absolute atomic E-state index is 14.7. The molecule has 0 bridgehead atoms. The number of carbonyl (C=O) groups is 5. The van der Waals surface area contributed by atoms with Gasteiger partial charge in [0, 0.05) is 36.1 Å². The minimum absolute atomic E-state index is 0.175. The highest BCUT2D eigenvalue weighted by molar-refractivity contribution is 5.92. The molecule has 0 saturated heterocycles. The fourth-order valence-electron chi connectivity index (χ4n) is 5.35. The Morgan fingerprint density at radius 2 is 1.60 bits per heavy atom. The number of hydrogen-bond donors (Lipinski definition) is 6. The van der Waals surface area contributed by atoms with Gasteiger partial charge in [0.15, 0.2) is 0 Å². The van der Waals surface area contributed by atoms with Gasteiger partial charge in [0.2, 0.25) is 29.5 Å². The number of nitrogens with zero attached hydrogens (tertiary/aromatic N) is 2. The van der Waals surface area contributed by atoms with Crippen LogP contribution in [0.1, 0.15) is 78.1 Å². The minimum atomic E-state index is -1.19. The summed E-state index contributed by atoms with van der Waals surface area (Å²) in [5.41, 5.74) is 17.0. The number of carbonyl (C=O) groups excluding carboxylic acids is 5. The molecule has 0 fully saturated rings. The van der Waals surface area contributed by atoms with E-state index < -0.39 is 54.3 Å². The van der Waals surface area contributed by atoms with Crippen LogP contribution in [0.2, 0.25) is 0 Å². The van der Waals surface area contributed by atoms with E-state index in [1.54, 1.807) is 4.90 Å². The molecule has 3 aromatic rings. The summed E-state index contributed by atoms with van der Waals surface area (Å²) in [6, 6.07) is 13.6. The van der Waals surface area contributed by atoms with Crippen molar-refractivity contribution in [3.63, 3.8) is 0 Å². The van der Waals surface area contributed by atoms with Gasteiger partial charge in [-0.05, 0) is 41.7 Å². The van der Waals surface area contributed by atoms with Crippen LogP contribution in [0.15, 0.2) is 60.8 Å². The molecule has 1 aromatic heterocycles. The molecule has 0 aliphatic rings. The molecule has 292 valence electrons. The van der Waals surface area contributed by atoms with Gasteiger partial charge in [-0.1, -0.05) is 78.3 Å². The summed E-state index contributed by atoms with van der Waals surface area (Å²) in [4.78, 5) is 58.0. The van der Waals surface area contributed by atoms with Crippen molar-refractivity contribution >= 4 is 29.5 Å². The zero-order chi connectivity index (χ0) is 40.3. The van der Waals surface area contributed by atoms with E-state index in [1.165, 1.54) is 6.07 Å². The molecule has 2 atom stereocenters. The molecule has 0 radical (unpaired) electrons. The number of aromatic nitrogens is 1. The fourth-order valence-corrected chi connectivity index (χ4v) is 5.35. The predicted molar refractivity (Wildman–Crippen MR) is 200 cm³/mol. The van der Waals surface area contributed by atoms with E-state index in [1.807, 2.05) is 81.8 Å². The highest BCUT2D eigenvalue weighted by Crippen LogP contribution is 2.41. The van der Waals surface area contributed by atoms with Gasteiger partial charge >= 0.3 is 0 Å². The first-order valence-electron chi connectivity index (χ1n) is 17.5. The van der Waals surface area contributed by atoms with Crippen molar-refractivity contribution in [2.45, 2.75) is 79.4 Å². The van der Waals surface area contributed by atoms with Crippen molar-refractivity contribution in [1.29, 1.82) is 0 Å². The maximum atomic E-state index is 14.7. The molecule has 53 heavy (non-hydrogen) atoms. The van der Waals surface area contributed by atoms with E-state index in [-0.39, 0.29) is 36.0 Å². The van der Waals surface area contributed by atoms with Crippen LogP contribution in [0, 0.1) is 17.0 Å². The van der Waals surface area contributed by atoms with Gasteiger partial charge < -0.3 is 42.4 Å². The average Bonchev–Trinajstić information content (AvgIpc) is 3.52. The molecule has 0 spiro atoms. The molecule has 2 aromatic carbocycles. The summed E-state index contributed by atoms with van der Waals surface area (Å²) in [6.07, 6.45) is 3.12. The lowest BCUT2D eigenvalue weighted by Crippen LogP contribution is -2.49. The Morgan fingerprint density at radius 3 is 2.13 bits per heavy atom. The number of aliphatic hydroxyl groups is 1. The molecule has 13 nitrogen and oxygen atoms in total. The van der Waals surface area contributed by atoms with E-state index in [0.29, 0.717) is 18.7 Å². The van der Waals surface area contributed by atoms with Crippen molar-refractivity contribution < 1.29 is 37.9 Å². The normalized spacial score (nSPS) is 11.8. The SMILES string of the molecule is CC.CCCCN(C(=O)CO)C(c1cc(-c2cc(F)ccc2F)cn1Cc1ccccc1)C(C)(C)C.NCC(=O)NCC(=O)N[C@@H](CC(N)=O)C(N)=O. The Morgan fingerprint density at radius 1 is 0.962 bits per heavy atom. The Hall–Kier alpha value is -5.15. The highest BCUT2D eigenvalue weighted by Gasteiger charge is 2.36. The van der Waals surface area contributed by atoms with Gasteiger partial charge in [0.1, 0.15) is 24.3 Å². The van der Waals surface area contributed by atoms with E-state index >= 15 is 0 Å². The lowest BCUT2D eigenvalue weighted by molar-refractivity contribution is -0.139. The van der Waals surface area contributed by atoms with Gasteiger partial charge in [-0.15, -0.1) is 0 Å². The van der Waals surface area contributed by atoms with Crippen LogP contribution in [0.5, 0.6) is 0 Å². The second-order valence-electron chi connectivity index (χ2n) is 12.9. The van der Waals surface area contributed by atoms with Crippen LogP contribution in [0.25, 0.3) is 11.1 Å². The Labute approximate surface area is 310 Å². The topological polar surface area (TPSA) is 216 Å². The third-order valence-electron chi connectivity index (χ3n) is 7.70. The molecule has 9 N–H and O–H groups in total. The van der Waals surface area contributed by atoms with Crippen LogP contribution in [0.4, 0.5) is 8.78 Å². The van der Waals surface area contributed by atoms with Gasteiger partial charge in [-0.3, -0.25) is 24.0 Å². The fraction of sp³-hybridized carbons (Fsp3) is 0.447. The summed E-state index contributed by atoms with van der Waals surface area (Å²) < 4.78 is 30.7. The third-order valence-corrected chi connectivity index (χ3v) is 7.70. The molecule has 1 heterocycles. The number of benzene rings is 2. The molecule has 15 heteroatoms. The van der Waals surface area contributed by atoms with E-state index in [9.17, 15) is 37.9 Å². The van der Waals surface area contributed by atoms with Crippen molar-refractivity contribution in [3.05, 3.63) is 83.7 Å². The Balaban J connectivity index is 0.000000625. The molecule has 0 saturated carbocycles. The first kappa shape index (κ1) is 45.9. The first-order chi connectivity index (χ1) is 25.0. The predicted octanol–water partition coefficient (Wildman–Crippen LogP) is 3.12. The third kappa shape index (κ3) is 15.2. The van der Waals surface area contributed by atoms with Crippen LogP contribution in [-0.4, -0.2) is 76.4 Å². The lowest BCUT2D eigenvalue weighted by Gasteiger charge is -2.41. The lowest BCUT2D eigenvalue weighted by atomic mass is 9.83. The summed E-state index contributed by atoms with van der Waals surface area (Å²) in [5, 5.41) is 14.1. The maximum Gasteiger partial charge on any atom is 0.248 e. The summed E-state index contributed by atoms with van der Waals surface area (Å²) in [5.74, 6) is -4.23. The molecule has 0 aliphatic carbocycles. The number of nitrogens with one attached hydrogen (secondary N) is 2. The number of aliphatic hydroxyl groups excluding tert-OH is 1. The average molecular weight is 744 g/mol. The Bertz CT molecular complexity index is 1640. The van der Waals surface area contributed by atoms with Gasteiger partial charge in [-0.25, -0.2) is 8.78 Å². The molecular formula is C38H55F2N7O6. The quantitative estimate of drug-likeness (QED) is 0.129. The summed E-state index contributed by atoms with van der Waals surface area (Å²) >= 11 is 0. The van der Waals surface area contributed by atoms with Gasteiger partial charge in [0.25, 0.3) is 0 Å². The van der Waals surface area contributed by atoms with Crippen molar-refractivity contribution in [2.24, 2.45) is 22.6 Å². The second-order valence-corrected chi connectivity index (χ2v) is 12.9. The summed E-state index contributed by atoms with van der Waals surface area (Å²) in [6.45, 7) is 12.0. The van der Waals surface area contributed by atoms with Crippen molar-refractivity contribution in [2.75, 3.05) is 26.2 Å². The second kappa shape index (κ2) is 22.7. The minimum Gasteiger partial charge on any atom is -0.387 e. The van der Waals surface area contributed by atoms with Crippen LogP contribution < -0.4 is 27.8 Å². The molecule has 0 aliphatic heterocycles. The number of hydrogen-bond acceptors (Lipinski definition) is 7. The standard InChI is InChI=1S/C28H34F2N2O2.C8H15N5O4.C2H6/c1-5-6-14-32(26(34)19-33)27(28(2,3)4)25-15-21(23-16-22(29)12-13-24(23)30)18-31(25)17-20-10-8-7-9-11-20;9-2-6(15)12-3-7(16)13-4(8(11)17)1-5(10)14;1-2/h7-13,15-16,18,27,33H,5-6,14,17,19H2,1-4H3;4H,1-3,9H2,(H2,10,14)(H2,11,17)(H,12,15)(H,13,16);1-2H3/t;4-;/m.0./s1. The van der Waals surface area contributed by atoms with E-state index in [2.05, 4.69) is 17.6 Å². The number of amides is 5. The molecule has 3 rings (SSSR count). The largest absolute Gasteiger partial charge is 0.387 e. The van der Waals surface area contributed by atoms with Crippen molar-refractivity contribution in [3.8, 4) is 11.1 Å². The van der Waals surface area contributed by atoms with Gasteiger partial charge in [-0.2, -0.15) is 0 Å². The highest BCUT2D eigenvalue weighted by atomic mass is 19.1. The smallest absolute Gasteiger partial charge is 0.248 e. The van der Waals surface area contributed by atoms with Crippen molar-refractivity contribution in [1.82, 2.24) is 20.1 Å². The molecule has 5 amide bonds. The number of rotatable bonds is 16. The van der Waals surface area contributed by atoms with Gasteiger partial charge in [0.05, 0.1) is 25.6 Å². The van der Waals surface area contributed by atoms with E-state index in [0.717, 1.165) is 36.2 Å². The number of primary amides is 2. The number of unbranched alkanes of at least 4 members (excludes halogenated alkanes) is 1. The zero-order valence-electron chi connectivity index (χ0n) is 31.5. The first-order valence-corrected chi connectivity index (χ1v) is 17.5. The molecule has 1 unspecified atom stereocenters. The Kier molecular flexibility index (Phi) is 19.7. The number of halogens is 2. The zero-order valence-corrected chi connectivity index (χ0v) is 31.5. The van der Waals surface area contributed by atoms with Crippen LogP contribution in [0.3, 0.4) is 0 Å². The summed E-state index contributed by atoms with van der Waals surface area (Å²) in [7, 11) is 0. The van der Waals surface area contributed by atoms with Crippen LogP contribution in [-0.2, 0) is 30.5 Å². The number of nitrogens with two attached hydrogens (primary N) is 3. The molecular weight excluding hydrogens is 688 g/mol. The van der Waals surface area contributed by atoms with Crippen LogP contribution >= 0.6 is 0 Å². The van der Waals surface area contributed by atoms with E-state index in [4.69, 9.17) is 17.2 Å². The monoisotopic (exact) mass is 743 g/mol.